The first-order chi connectivity index (χ1) is 19.8. The molecular weight excluding hydrogens is 534 g/mol. The van der Waals surface area contributed by atoms with Crippen molar-refractivity contribution in [2.45, 2.75) is 78.4 Å². The minimum absolute atomic E-state index is 0.0260. The molecule has 42 heavy (non-hydrogen) atoms. The van der Waals surface area contributed by atoms with Gasteiger partial charge in [0, 0.05) is 54.0 Å². The maximum absolute atomic E-state index is 12.6. The van der Waals surface area contributed by atoms with Gasteiger partial charge in [0.05, 0.1) is 17.9 Å². The molecule has 1 saturated heterocycles. The third-order valence-electron chi connectivity index (χ3n) is 8.55. The van der Waals surface area contributed by atoms with Crippen LogP contribution in [0.1, 0.15) is 75.8 Å². The van der Waals surface area contributed by atoms with Crippen molar-refractivity contribution >= 4 is 23.6 Å². The summed E-state index contributed by atoms with van der Waals surface area (Å²) in [5.74, 6) is 0.650. The van der Waals surface area contributed by atoms with E-state index in [1.54, 1.807) is 36.1 Å². The van der Waals surface area contributed by atoms with Crippen LogP contribution in [0.15, 0.2) is 48.8 Å². The van der Waals surface area contributed by atoms with E-state index < -0.39 is 12.0 Å². The second kappa shape index (κ2) is 11.2. The number of carboxylic acid groups (broad SMARTS) is 1. The molecule has 0 bridgehead atoms. The van der Waals surface area contributed by atoms with Crippen LogP contribution in [0.5, 0.6) is 11.5 Å². The summed E-state index contributed by atoms with van der Waals surface area (Å²) in [5.41, 5.74) is 9.07. The summed E-state index contributed by atoms with van der Waals surface area (Å²) >= 11 is 0. The lowest BCUT2D eigenvalue weighted by molar-refractivity contribution is -0.117. The number of rotatable bonds is 5. The molecule has 2 aromatic carbocycles. The molecule has 0 spiro atoms. The van der Waals surface area contributed by atoms with Gasteiger partial charge in [0.1, 0.15) is 11.5 Å². The molecule has 1 fully saturated rings. The van der Waals surface area contributed by atoms with E-state index in [2.05, 4.69) is 20.8 Å². The lowest BCUT2D eigenvalue weighted by atomic mass is 9.79. The summed E-state index contributed by atoms with van der Waals surface area (Å²) in [6.07, 6.45) is 5.80. The van der Waals surface area contributed by atoms with Crippen LogP contribution in [0.3, 0.4) is 0 Å². The quantitative estimate of drug-likeness (QED) is 0.393. The van der Waals surface area contributed by atoms with E-state index in [0.717, 1.165) is 35.2 Å². The Balaban J connectivity index is 1.53. The van der Waals surface area contributed by atoms with Gasteiger partial charge in [-0.2, -0.15) is 5.10 Å². The van der Waals surface area contributed by atoms with E-state index in [0.29, 0.717) is 36.4 Å². The number of aromatic nitrogens is 2. The number of hydrogen-bond acceptors (Lipinski definition) is 5. The summed E-state index contributed by atoms with van der Waals surface area (Å²) < 4.78 is 8.46. The second-order valence-corrected chi connectivity index (χ2v) is 12.5. The number of likely N-dealkylation sites (tertiary alicyclic amines) is 1. The molecule has 0 radical (unpaired) electrons. The molecule has 2 unspecified atom stereocenters. The van der Waals surface area contributed by atoms with Crippen molar-refractivity contribution in [3.05, 3.63) is 59.9 Å². The summed E-state index contributed by atoms with van der Waals surface area (Å²) in [5, 5.41) is 14.5. The van der Waals surface area contributed by atoms with Crippen molar-refractivity contribution < 1.29 is 24.2 Å². The Morgan fingerprint density at radius 2 is 1.79 bits per heavy atom. The maximum atomic E-state index is 12.6. The van der Waals surface area contributed by atoms with Gasteiger partial charge in [0.15, 0.2) is 0 Å². The number of anilines is 1. The van der Waals surface area contributed by atoms with Crippen molar-refractivity contribution in [3.8, 4) is 22.6 Å². The minimum Gasteiger partial charge on any atom is -0.465 e. The molecular formula is C32H39N5O5. The molecule has 10 nitrogen and oxygen atoms in total. The largest absolute Gasteiger partial charge is 0.465 e. The lowest BCUT2D eigenvalue weighted by Gasteiger charge is -2.44. The van der Waals surface area contributed by atoms with Crippen molar-refractivity contribution in [1.29, 1.82) is 0 Å². The standard InChI is InChI=1S/C32H39N5O5/c1-19-6-11-26-27(37(19)20(2)38)13-12-25(29(26)42-24-9-7-21(8-10-24)30(33)39)22-17-34-36(18-22)23-14-15-35(31(40)41)28(16-23)32(3,4)5/h7-10,12-13,17-19,23,28H,6,11,14-16H2,1-5H3,(H2,33,39)(H,40,41)/t19-,23?,28?/m0/s1. The van der Waals surface area contributed by atoms with Crippen LogP contribution in [0.25, 0.3) is 11.1 Å². The Labute approximate surface area is 246 Å². The average molecular weight is 574 g/mol. The third-order valence-corrected chi connectivity index (χ3v) is 8.55. The van der Waals surface area contributed by atoms with Gasteiger partial charge in [-0.05, 0) is 74.4 Å². The first kappa shape index (κ1) is 29.2. The van der Waals surface area contributed by atoms with Gasteiger partial charge in [-0.3, -0.25) is 14.3 Å². The van der Waals surface area contributed by atoms with E-state index in [1.807, 2.05) is 41.0 Å². The molecule has 2 aliphatic heterocycles. The number of ether oxygens (including phenoxy) is 1. The predicted octanol–water partition coefficient (Wildman–Crippen LogP) is 5.86. The molecule has 3 atom stereocenters. The van der Waals surface area contributed by atoms with Crippen molar-refractivity contribution in [2.75, 3.05) is 11.4 Å². The highest BCUT2D eigenvalue weighted by Gasteiger charge is 2.39. The van der Waals surface area contributed by atoms with Crippen LogP contribution in [-0.2, 0) is 11.2 Å². The van der Waals surface area contributed by atoms with Crippen LogP contribution < -0.4 is 15.4 Å². The molecule has 5 rings (SSSR count). The molecule has 0 aliphatic carbocycles. The SMILES string of the molecule is CC(=O)N1c2ccc(-c3cnn(C4CCN(C(=O)O)C(C(C)(C)C)C4)c3)c(Oc3ccc(C(N)=O)cc3)c2CC[C@@H]1C. The number of fused-ring (bicyclic) bond motifs is 1. The van der Waals surface area contributed by atoms with Crippen LogP contribution >= 0.6 is 0 Å². The molecule has 3 N–H and O–H groups in total. The number of nitrogens with two attached hydrogens (primary N) is 1. The van der Waals surface area contributed by atoms with Crippen LogP contribution in [0, 0.1) is 5.41 Å². The van der Waals surface area contributed by atoms with E-state index >= 15 is 0 Å². The number of carbonyl (C=O) groups excluding carboxylic acids is 2. The number of primary amides is 1. The Morgan fingerprint density at radius 1 is 1.07 bits per heavy atom. The summed E-state index contributed by atoms with van der Waals surface area (Å²) in [7, 11) is 0. The Kier molecular flexibility index (Phi) is 7.74. The fourth-order valence-corrected chi connectivity index (χ4v) is 6.35. The van der Waals surface area contributed by atoms with Crippen molar-refractivity contribution in [2.24, 2.45) is 11.1 Å². The van der Waals surface area contributed by atoms with Gasteiger partial charge in [-0.15, -0.1) is 0 Å². The topological polar surface area (TPSA) is 131 Å². The highest BCUT2D eigenvalue weighted by Crippen LogP contribution is 2.45. The molecule has 1 aromatic heterocycles. The number of benzene rings is 2. The zero-order chi connectivity index (χ0) is 30.3. The molecule has 10 heteroatoms. The van der Waals surface area contributed by atoms with E-state index in [4.69, 9.17) is 15.6 Å². The second-order valence-electron chi connectivity index (χ2n) is 12.5. The Hall–Kier alpha value is -4.34. The fourth-order valence-electron chi connectivity index (χ4n) is 6.35. The molecule has 3 amide bonds. The van der Waals surface area contributed by atoms with Gasteiger partial charge in [-0.1, -0.05) is 20.8 Å². The highest BCUT2D eigenvalue weighted by molar-refractivity contribution is 5.95. The highest BCUT2D eigenvalue weighted by atomic mass is 16.5. The number of piperidine rings is 1. The van der Waals surface area contributed by atoms with Crippen LogP contribution in [-0.4, -0.2) is 56.3 Å². The monoisotopic (exact) mass is 573 g/mol. The number of carbonyl (C=O) groups is 3. The third kappa shape index (κ3) is 5.57. The number of nitrogens with zero attached hydrogens (tertiary/aromatic N) is 4. The Morgan fingerprint density at radius 3 is 2.40 bits per heavy atom. The minimum atomic E-state index is -0.886. The number of amides is 3. The van der Waals surface area contributed by atoms with Gasteiger partial charge in [0.25, 0.3) is 0 Å². The van der Waals surface area contributed by atoms with Crippen molar-refractivity contribution in [1.82, 2.24) is 14.7 Å². The molecule has 3 heterocycles. The smallest absolute Gasteiger partial charge is 0.407 e. The predicted molar refractivity (Wildman–Crippen MR) is 160 cm³/mol. The van der Waals surface area contributed by atoms with Gasteiger partial charge in [0.2, 0.25) is 11.8 Å². The molecule has 0 saturated carbocycles. The van der Waals surface area contributed by atoms with E-state index in [9.17, 15) is 19.5 Å². The van der Waals surface area contributed by atoms with E-state index in [1.165, 1.54) is 0 Å². The van der Waals surface area contributed by atoms with Crippen LogP contribution in [0.2, 0.25) is 0 Å². The lowest BCUT2D eigenvalue weighted by Crippen LogP contribution is -2.51. The average Bonchev–Trinajstić information content (AvgIpc) is 3.42. The molecule has 222 valence electrons. The maximum Gasteiger partial charge on any atom is 0.407 e. The fraction of sp³-hybridized carbons (Fsp3) is 0.438. The normalized spacial score (nSPS) is 20.6. The zero-order valence-electron chi connectivity index (χ0n) is 24.8. The van der Waals surface area contributed by atoms with Gasteiger partial charge < -0.3 is 25.4 Å². The van der Waals surface area contributed by atoms with Crippen molar-refractivity contribution in [3.63, 3.8) is 0 Å². The van der Waals surface area contributed by atoms with Gasteiger partial charge >= 0.3 is 6.09 Å². The Bertz CT molecular complexity index is 1510. The number of hydrogen-bond donors (Lipinski definition) is 2. The first-order valence-corrected chi connectivity index (χ1v) is 14.4. The first-order valence-electron chi connectivity index (χ1n) is 14.4. The summed E-state index contributed by atoms with van der Waals surface area (Å²) in [6.45, 7) is 10.3. The van der Waals surface area contributed by atoms with Crippen LogP contribution in [0.4, 0.5) is 10.5 Å². The summed E-state index contributed by atoms with van der Waals surface area (Å²) in [6, 6.07) is 10.6. The summed E-state index contributed by atoms with van der Waals surface area (Å²) in [4.78, 5) is 39.5. The molecule has 3 aromatic rings. The zero-order valence-corrected chi connectivity index (χ0v) is 24.8. The van der Waals surface area contributed by atoms with Gasteiger partial charge in [-0.25, -0.2) is 4.79 Å². The van der Waals surface area contributed by atoms with E-state index in [-0.39, 0.29) is 29.4 Å². The molecule has 2 aliphatic rings.